The van der Waals surface area contributed by atoms with Crippen molar-refractivity contribution in [1.29, 1.82) is 0 Å². The number of carbonyl (C=O) groups is 1. The molecule has 0 aliphatic carbocycles. The van der Waals surface area contributed by atoms with Crippen LogP contribution in [0, 0.1) is 0 Å². The fourth-order valence-corrected chi connectivity index (χ4v) is 6.46. The Kier molecular flexibility index (Phi) is 11.5. The van der Waals surface area contributed by atoms with Gasteiger partial charge < -0.3 is 19.9 Å². The fraction of sp³-hybridized carbons (Fsp3) is 0.435. The summed E-state index contributed by atoms with van der Waals surface area (Å²) in [5.74, 6) is -2.00. The van der Waals surface area contributed by atoms with Gasteiger partial charge in [0, 0.05) is 44.8 Å². The third-order valence-electron chi connectivity index (χ3n) is 5.55. The van der Waals surface area contributed by atoms with E-state index in [0.29, 0.717) is 43.2 Å². The van der Waals surface area contributed by atoms with E-state index < -0.39 is 32.2 Å². The molecule has 11 nitrogen and oxygen atoms in total. The van der Waals surface area contributed by atoms with Gasteiger partial charge in [0.25, 0.3) is 0 Å². The van der Waals surface area contributed by atoms with Gasteiger partial charge in [-0.2, -0.15) is 21.8 Å². The number of benzene rings is 2. The van der Waals surface area contributed by atoms with E-state index in [1.54, 1.807) is 36.4 Å². The number of methoxy groups -OCH3 is 2. The van der Waals surface area contributed by atoms with Crippen molar-refractivity contribution in [2.45, 2.75) is 17.6 Å². The van der Waals surface area contributed by atoms with Crippen molar-refractivity contribution in [3.05, 3.63) is 54.1 Å². The Morgan fingerprint density at radius 3 is 2.08 bits per heavy atom. The molecule has 218 valence electrons. The van der Waals surface area contributed by atoms with E-state index in [1.807, 2.05) is 0 Å². The maximum atomic E-state index is 13.5. The summed E-state index contributed by atoms with van der Waals surface area (Å²) >= 11 is 0. The van der Waals surface area contributed by atoms with Crippen molar-refractivity contribution in [3.8, 4) is 11.5 Å². The predicted octanol–water partition coefficient (Wildman–Crippen LogP) is 1.76. The molecule has 0 bridgehead atoms. The maximum Gasteiger partial charge on any atom is 0.490 e. The molecule has 1 aliphatic heterocycles. The number of nitrogens with zero attached hydrogens (tertiary/aromatic N) is 2. The minimum absolute atomic E-state index is 0.0184. The quantitative estimate of drug-likeness (QED) is 0.419. The number of para-hydroxylation sites is 1. The summed E-state index contributed by atoms with van der Waals surface area (Å²) in [7, 11) is -4.57. The molecule has 0 aromatic heterocycles. The van der Waals surface area contributed by atoms with Gasteiger partial charge in [-0.1, -0.05) is 18.2 Å². The van der Waals surface area contributed by atoms with Gasteiger partial charge in [-0.3, -0.25) is 0 Å². The average molecular weight is 598 g/mol. The number of nitrogens with one attached hydrogen (secondary N) is 1. The maximum absolute atomic E-state index is 13.5. The van der Waals surface area contributed by atoms with Crippen molar-refractivity contribution in [1.82, 2.24) is 13.9 Å². The number of piperazine rings is 1. The Morgan fingerprint density at radius 1 is 1.00 bits per heavy atom. The van der Waals surface area contributed by atoms with Gasteiger partial charge in [-0.25, -0.2) is 21.6 Å². The summed E-state index contributed by atoms with van der Waals surface area (Å²) in [5, 5.41) is 10.2. The first-order valence-corrected chi connectivity index (χ1v) is 14.5. The van der Waals surface area contributed by atoms with Gasteiger partial charge in [-0.05, 0) is 30.3 Å². The number of ether oxygens (including phenoxy) is 2. The van der Waals surface area contributed by atoms with Crippen LogP contribution in [0.4, 0.5) is 13.2 Å². The Morgan fingerprint density at radius 2 is 1.56 bits per heavy atom. The third-order valence-corrected chi connectivity index (χ3v) is 9.26. The second-order valence-electron chi connectivity index (χ2n) is 8.09. The topological polar surface area (TPSA) is 143 Å². The summed E-state index contributed by atoms with van der Waals surface area (Å²) in [6.45, 7) is 1.71. The number of carboxylic acids is 1. The zero-order valence-electron chi connectivity index (χ0n) is 21.2. The molecule has 1 aliphatic rings. The number of aliphatic carboxylic acids is 1. The average Bonchev–Trinajstić information content (AvgIpc) is 2.91. The molecular formula is C23H30F3N3O8S2. The standard InChI is InChI=1S/C21H29N3O6S2.C2HF3O2/c1-29-19-7-9-20(10-8-19)32(27,28)24(17-18-5-3-4-6-21(18)30-2)15-16-31(25,26)23-13-11-22-12-14-23;3-2(4,5)1(6)7/h3-10,22H,11-17H2,1-2H3;(H,6,7). The molecule has 2 aromatic carbocycles. The smallest absolute Gasteiger partial charge is 0.490 e. The highest BCUT2D eigenvalue weighted by Gasteiger charge is 2.38. The summed E-state index contributed by atoms with van der Waals surface area (Å²) in [5.41, 5.74) is 0.645. The highest BCUT2D eigenvalue weighted by atomic mass is 32.2. The molecule has 1 fully saturated rings. The Balaban J connectivity index is 0.000000673. The van der Waals surface area contributed by atoms with Crippen molar-refractivity contribution in [3.63, 3.8) is 0 Å². The Hall–Kier alpha value is -2.92. The zero-order valence-corrected chi connectivity index (χ0v) is 22.9. The van der Waals surface area contributed by atoms with Crippen LogP contribution in [0.15, 0.2) is 53.4 Å². The van der Waals surface area contributed by atoms with Crippen molar-refractivity contribution >= 4 is 26.0 Å². The fourth-order valence-electron chi connectivity index (χ4n) is 3.47. The van der Waals surface area contributed by atoms with Crippen LogP contribution in [-0.4, -0.2) is 95.4 Å². The summed E-state index contributed by atoms with van der Waals surface area (Å²) in [6.07, 6.45) is -5.08. The Labute approximate surface area is 225 Å². The molecular weight excluding hydrogens is 567 g/mol. The van der Waals surface area contributed by atoms with Crippen molar-refractivity contribution < 1.29 is 49.4 Å². The van der Waals surface area contributed by atoms with E-state index in [4.69, 9.17) is 19.4 Å². The van der Waals surface area contributed by atoms with E-state index in [0.717, 1.165) is 0 Å². The minimum Gasteiger partial charge on any atom is -0.497 e. The van der Waals surface area contributed by atoms with Crippen LogP contribution in [0.1, 0.15) is 5.56 Å². The van der Waals surface area contributed by atoms with Crippen molar-refractivity contribution in [2.24, 2.45) is 0 Å². The minimum atomic E-state index is -5.08. The number of rotatable bonds is 10. The molecule has 0 amide bonds. The van der Waals surface area contributed by atoms with Crippen LogP contribution in [0.25, 0.3) is 0 Å². The van der Waals surface area contributed by atoms with E-state index in [9.17, 15) is 30.0 Å². The first-order valence-electron chi connectivity index (χ1n) is 11.5. The highest BCUT2D eigenvalue weighted by Crippen LogP contribution is 2.25. The number of halogens is 3. The second kappa shape index (κ2) is 13.9. The lowest BCUT2D eigenvalue weighted by molar-refractivity contribution is -0.192. The summed E-state index contributed by atoms with van der Waals surface area (Å²) < 4.78 is 97.4. The van der Waals surface area contributed by atoms with Crippen LogP contribution < -0.4 is 14.8 Å². The lowest BCUT2D eigenvalue weighted by Gasteiger charge is -2.28. The third kappa shape index (κ3) is 9.35. The molecule has 1 saturated heterocycles. The normalized spacial score (nSPS) is 14.8. The highest BCUT2D eigenvalue weighted by molar-refractivity contribution is 7.90. The molecule has 39 heavy (non-hydrogen) atoms. The molecule has 3 rings (SSSR count). The lowest BCUT2D eigenvalue weighted by Crippen LogP contribution is -2.48. The van der Waals surface area contributed by atoms with Crippen LogP contribution >= 0.6 is 0 Å². The largest absolute Gasteiger partial charge is 0.497 e. The summed E-state index contributed by atoms with van der Waals surface area (Å²) in [6, 6.07) is 13.1. The predicted molar refractivity (Wildman–Crippen MR) is 136 cm³/mol. The SMILES string of the molecule is COc1ccc(S(=O)(=O)N(CCS(=O)(=O)N2CCNCC2)Cc2ccccc2OC)cc1.O=C(O)C(F)(F)F. The first kappa shape index (κ1) is 32.3. The second-order valence-corrected chi connectivity index (χ2v) is 12.1. The van der Waals surface area contributed by atoms with Gasteiger partial charge in [-0.15, -0.1) is 0 Å². The lowest BCUT2D eigenvalue weighted by atomic mass is 10.2. The number of alkyl halides is 3. The van der Waals surface area contributed by atoms with Crippen LogP contribution in [0.2, 0.25) is 0 Å². The van der Waals surface area contributed by atoms with E-state index in [-0.39, 0.29) is 23.7 Å². The van der Waals surface area contributed by atoms with E-state index >= 15 is 0 Å². The van der Waals surface area contributed by atoms with Gasteiger partial charge in [0.1, 0.15) is 11.5 Å². The first-order chi connectivity index (χ1) is 18.2. The van der Waals surface area contributed by atoms with Crippen LogP contribution in [-0.2, 0) is 31.4 Å². The van der Waals surface area contributed by atoms with Crippen LogP contribution in [0.5, 0.6) is 11.5 Å². The van der Waals surface area contributed by atoms with Crippen molar-refractivity contribution in [2.75, 3.05) is 52.7 Å². The Bertz CT molecular complexity index is 1300. The van der Waals surface area contributed by atoms with Gasteiger partial charge >= 0.3 is 12.1 Å². The molecule has 0 radical (unpaired) electrons. The van der Waals surface area contributed by atoms with Crippen LogP contribution in [0.3, 0.4) is 0 Å². The van der Waals surface area contributed by atoms with Gasteiger partial charge in [0.15, 0.2) is 0 Å². The molecule has 0 spiro atoms. The summed E-state index contributed by atoms with van der Waals surface area (Å²) in [4.78, 5) is 8.96. The molecule has 0 unspecified atom stereocenters. The molecule has 16 heteroatoms. The molecule has 2 aromatic rings. The van der Waals surface area contributed by atoms with E-state index in [2.05, 4.69) is 5.32 Å². The van der Waals surface area contributed by atoms with E-state index in [1.165, 1.54) is 35.0 Å². The number of sulfonamides is 2. The monoisotopic (exact) mass is 597 g/mol. The number of carboxylic acid groups (broad SMARTS) is 1. The van der Waals surface area contributed by atoms with Gasteiger partial charge in [0.2, 0.25) is 20.0 Å². The molecule has 0 saturated carbocycles. The molecule has 0 atom stereocenters. The number of hydrogen-bond acceptors (Lipinski definition) is 8. The zero-order chi connectivity index (χ0) is 29.3. The van der Waals surface area contributed by atoms with Gasteiger partial charge in [0.05, 0.1) is 24.9 Å². The molecule has 2 N–H and O–H groups in total. The molecule has 1 heterocycles. The number of hydrogen-bond donors (Lipinski definition) is 2.